The quantitative estimate of drug-likeness (QED) is 0.762. The molecule has 2 aromatic carbocycles. The van der Waals surface area contributed by atoms with Gasteiger partial charge in [-0.1, -0.05) is 49.4 Å². The summed E-state index contributed by atoms with van der Waals surface area (Å²) in [5.41, 5.74) is 2.20. The molecule has 2 N–H and O–H groups in total. The Balaban J connectivity index is 1.76. The highest BCUT2D eigenvalue weighted by atomic mass is 16.5. The normalized spacial score (nSPS) is 17.6. The smallest absolute Gasteiger partial charge is 0.119 e. The largest absolute Gasteiger partial charge is 0.494 e. The van der Waals surface area contributed by atoms with Crippen molar-refractivity contribution in [3.05, 3.63) is 65.7 Å². The zero-order valence-electron chi connectivity index (χ0n) is 15.9. The van der Waals surface area contributed by atoms with Crippen molar-refractivity contribution in [1.29, 1.82) is 0 Å². The van der Waals surface area contributed by atoms with Gasteiger partial charge in [0.05, 0.1) is 38.3 Å². The molecule has 3 rings (SSSR count). The van der Waals surface area contributed by atoms with Gasteiger partial charge in [0, 0.05) is 0 Å². The number of hydrogen-bond donors (Lipinski definition) is 2. The van der Waals surface area contributed by atoms with E-state index < -0.39 is 6.10 Å². The van der Waals surface area contributed by atoms with Crippen molar-refractivity contribution < 1.29 is 14.7 Å². The Morgan fingerprint density at radius 1 is 0.923 bits per heavy atom. The third-order valence-corrected chi connectivity index (χ3v) is 5.37. The zero-order chi connectivity index (χ0) is 18.2. The van der Waals surface area contributed by atoms with Crippen LogP contribution in [0.15, 0.2) is 54.6 Å². The van der Waals surface area contributed by atoms with Crippen molar-refractivity contribution in [2.75, 3.05) is 26.2 Å². The molecule has 1 fully saturated rings. The van der Waals surface area contributed by atoms with E-state index in [1.54, 1.807) is 4.90 Å². The minimum atomic E-state index is -0.493. The van der Waals surface area contributed by atoms with Crippen LogP contribution in [0, 0.1) is 0 Å². The summed E-state index contributed by atoms with van der Waals surface area (Å²) in [5, 5.41) is 11.2. The molecule has 0 bridgehead atoms. The molecule has 3 heteroatoms. The molecule has 0 saturated carbocycles. The maximum absolute atomic E-state index is 11.2. The zero-order valence-corrected chi connectivity index (χ0v) is 15.9. The predicted octanol–water partition coefficient (Wildman–Crippen LogP) is 3.36. The maximum atomic E-state index is 11.2. The lowest BCUT2D eigenvalue weighted by Gasteiger charge is -2.30. The summed E-state index contributed by atoms with van der Waals surface area (Å²) in [6.07, 6.45) is 4.46. The molecule has 0 amide bonds. The van der Waals surface area contributed by atoms with Crippen molar-refractivity contribution in [2.45, 2.75) is 44.6 Å². The number of hydrogen-bond acceptors (Lipinski definition) is 2. The monoisotopic (exact) mass is 354 g/mol. The number of quaternary nitrogens is 1. The third-order valence-electron chi connectivity index (χ3n) is 5.37. The molecule has 1 aliphatic rings. The van der Waals surface area contributed by atoms with Gasteiger partial charge < -0.3 is 14.7 Å². The molecule has 0 radical (unpaired) electrons. The first-order valence-electron chi connectivity index (χ1n) is 10.1. The molecule has 2 aromatic rings. The van der Waals surface area contributed by atoms with Crippen LogP contribution in [0.25, 0.3) is 0 Å². The fourth-order valence-electron chi connectivity index (χ4n) is 3.89. The van der Waals surface area contributed by atoms with Crippen LogP contribution in [0.1, 0.15) is 55.8 Å². The molecule has 0 unspecified atom stereocenters. The Kier molecular flexibility index (Phi) is 7.10. The molecular weight excluding hydrogens is 322 g/mol. The Morgan fingerprint density at radius 2 is 1.62 bits per heavy atom. The van der Waals surface area contributed by atoms with Crippen LogP contribution < -0.4 is 9.64 Å². The van der Waals surface area contributed by atoms with Crippen LogP contribution in [-0.4, -0.2) is 31.3 Å². The van der Waals surface area contributed by atoms with Crippen molar-refractivity contribution in [3.63, 3.8) is 0 Å². The second kappa shape index (κ2) is 9.75. The number of likely N-dealkylation sites (tertiary alicyclic amines) is 1. The van der Waals surface area contributed by atoms with Gasteiger partial charge in [-0.2, -0.15) is 0 Å². The van der Waals surface area contributed by atoms with E-state index in [-0.39, 0.29) is 5.92 Å². The standard InChI is InChI=1S/C23H31NO2/c1-2-17-26-21-13-11-20(12-14-21)23(25)22(19-9-5-3-6-10-19)18-24-15-7-4-8-16-24/h3,5-6,9-14,22-23,25H,2,4,7-8,15-18H2,1H3/p+1/t22-,23+/m1/s1. The first-order chi connectivity index (χ1) is 12.8. The van der Waals surface area contributed by atoms with Gasteiger partial charge in [0.15, 0.2) is 0 Å². The van der Waals surface area contributed by atoms with Gasteiger partial charge in [-0.25, -0.2) is 0 Å². The lowest BCUT2D eigenvalue weighted by Crippen LogP contribution is -3.13. The van der Waals surface area contributed by atoms with Gasteiger partial charge in [-0.15, -0.1) is 0 Å². The van der Waals surface area contributed by atoms with Crippen LogP contribution in [0.5, 0.6) is 5.75 Å². The fraction of sp³-hybridized carbons (Fsp3) is 0.478. The molecule has 2 atom stereocenters. The Labute approximate surface area is 157 Å². The van der Waals surface area contributed by atoms with Gasteiger partial charge in [0.25, 0.3) is 0 Å². The van der Waals surface area contributed by atoms with Crippen molar-refractivity contribution in [2.24, 2.45) is 0 Å². The number of aliphatic hydroxyl groups excluding tert-OH is 1. The molecule has 3 nitrogen and oxygen atoms in total. The first-order valence-corrected chi connectivity index (χ1v) is 10.1. The lowest BCUT2D eigenvalue weighted by atomic mass is 9.88. The highest BCUT2D eigenvalue weighted by molar-refractivity contribution is 5.31. The average molecular weight is 355 g/mol. The van der Waals surface area contributed by atoms with E-state index in [0.717, 1.165) is 30.9 Å². The van der Waals surface area contributed by atoms with E-state index in [9.17, 15) is 5.11 Å². The number of aliphatic hydroxyl groups is 1. The first kappa shape index (κ1) is 18.9. The average Bonchev–Trinajstić information content (AvgIpc) is 2.72. The molecule has 0 spiro atoms. The molecule has 0 aromatic heterocycles. The molecule has 140 valence electrons. The van der Waals surface area contributed by atoms with E-state index in [1.165, 1.54) is 37.9 Å². The number of ether oxygens (including phenoxy) is 1. The Hall–Kier alpha value is -1.84. The number of nitrogens with one attached hydrogen (secondary N) is 1. The summed E-state index contributed by atoms with van der Waals surface area (Å²) in [5.74, 6) is 0.993. The van der Waals surface area contributed by atoms with Gasteiger partial charge in [0.2, 0.25) is 0 Å². The highest BCUT2D eigenvalue weighted by Gasteiger charge is 2.28. The topological polar surface area (TPSA) is 33.9 Å². The summed E-state index contributed by atoms with van der Waals surface area (Å²) in [7, 11) is 0. The summed E-state index contributed by atoms with van der Waals surface area (Å²) in [6.45, 7) is 6.26. The molecule has 0 aliphatic carbocycles. The van der Waals surface area contributed by atoms with Crippen LogP contribution >= 0.6 is 0 Å². The maximum Gasteiger partial charge on any atom is 0.119 e. The number of benzene rings is 2. The van der Waals surface area contributed by atoms with E-state index in [2.05, 4.69) is 31.2 Å². The second-order valence-corrected chi connectivity index (χ2v) is 7.39. The van der Waals surface area contributed by atoms with Crippen LogP contribution in [0.2, 0.25) is 0 Å². The van der Waals surface area contributed by atoms with E-state index >= 15 is 0 Å². The van der Waals surface area contributed by atoms with Gasteiger partial charge in [0.1, 0.15) is 5.75 Å². The molecular formula is C23H32NO2+. The number of rotatable bonds is 8. The Bertz CT molecular complexity index is 635. The van der Waals surface area contributed by atoms with Crippen LogP contribution in [0.4, 0.5) is 0 Å². The van der Waals surface area contributed by atoms with Gasteiger partial charge >= 0.3 is 0 Å². The Morgan fingerprint density at radius 3 is 2.27 bits per heavy atom. The summed E-state index contributed by atoms with van der Waals surface area (Å²) in [4.78, 5) is 1.62. The van der Waals surface area contributed by atoms with Gasteiger partial charge in [-0.05, 0) is 48.9 Å². The second-order valence-electron chi connectivity index (χ2n) is 7.39. The SMILES string of the molecule is CCCOc1ccc([C@H](O)[C@H](C[NH+]2CCCCC2)c2ccccc2)cc1. The third kappa shape index (κ3) is 5.09. The van der Waals surface area contributed by atoms with Gasteiger partial charge in [-0.3, -0.25) is 0 Å². The predicted molar refractivity (Wildman–Crippen MR) is 106 cm³/mol. The molecule has 1 saturated heterocycles. The highest BCUT2D eigenvalue weighted by Crippen LogP contribution is 2.31. The minimum absolute atomic E-state index is 0.117. The van der Waals surface area contributed by atoms with Crippen LogP contribution in [0.3, 0.4) is 0 Å². The summed E-state index contributed by atoms with van der Waals surface area (Å²) >= 11 is 0. The van der Waals surface area contributed by atoms with Crippen LogP contribution in [-0.2, 0) is 0 Å². The number of piperidine rings is 1. The summed E-state index contributed by atoms with van der Waals surface area (Å²) in [6, 6.07) is 18.5. The molecule has 1 heterocycles. The summed E-state index contributed by atoms with van der Waals surface area (Å²) < 4.78 is 5.67. The fourth-order valence-corrected chi connectivity index (χ4v) is 3.89. The van der Waals surface area contributed by atoms with Crippen molar-refractivity contribution >= 4 is 0 Å². The minimum Gasteiger partial charge on any atom is -0.494 e. The van der Waals surface area contributed by atoms with E-state index in [1.807, 2.05) is 30.3 Å². The van der Waals surface area contributed by atoms with Crippen molar-refractivity contribution in [3.8, 4) is 5.75 Å². The molecule has 26 heavy (non-hydrogen) atoms. The molecule has 1 aliphatic heterocycles. The lowest BCUT2D eigenvalue weighted by molar-refractivity contribution is -0.906. The van der Waals surface area contributed by atoms with E-state index in [4.69, 9.17) is 4.74 Å². The van der Waals surface area contributed by atoms with Crippen molar-refractivity contribution in [1.82, 2.24) is 0 Å². The van der Waals surface area contributed by atoms with E-state index in [0.29, 0.717) is 0 Å².